The molecule has 0 unspecified atom stereocenters. The molecule has 5 aromatic rings. The Morgan fingerprint density at radius 2 is 1.45 bits per heavy atom. The van der Waals surface area contributed by atoms with Gasteiger partial charge in [0.1, 0.15) is 5.82 Å². The first-order valence-electron chi connectivity index (χ1n) is 10.3. The zero-order valence-corrected chi connectivity index (χ0v) is 18.3. The Hall–Kier alpha value is -4.10. The Kier molecular flexibility index (Phi) is 6.04. The lowest BCUT2D eigenvalue weighted by Crippen LogP contribution is -1.94. The van der Waals surface area contributed by atoms with Crippen molar-refractivity contribution in [1.82, 2.24) is 9.97 Å². The number of nitrogens with zero attached hydrogens (tertiary/aromatic N) is 2. The zero-order chi connectivity index (χ0) is 22.5. The topological polar surface area (TPSA) is 61.9 Å². The number of benzene rings is 3. The molecule has 0 spiro atoms. The summed E-state index contributed by atoms with van der Waals surface area (Å²) < 4.78 is 17.1. The van der Waals surface area contributed by atoms with E-state index in [1.165, 1.54) is 24.1 Å². The number of rotatable bonds is 7. The molecule has 3 aromatic carbocycles. The molecule has 7 heteroatoms. The molecule has 162 valence electrons. The Balaban J connectivity index is 1.28. The molecule has 2 aromatic heterocycles. The number of anilines is 5. The molecule has 0 fully saturated rings. The highest BCUT2D eigenvalue weighted by atomic mass is 32.2. The fourth-order valence-corrected chi connectivity index (χ4v) is 4.10. The number of halogens is 1. The summed E-state index contributed by atoms with van der Waals surface area (Å²) in [5.74, 6) is -0.285. The van der Waals surface area contributed by atoms with E-state index in [1.807, 2.05) is 66.7 Å². The molecule has 2 heterocycles. The number of fused-ring (bicyclic) bond motifs is 1. The van der Waals surface area contributed by atoms with Crippen LogP contribution in [0.15, 0.2) is 108 Å². The van der Waals surface area contributed by atoms with Crippen molar-refractivity contribution in [3.63, 3.8) is 0 Å². The van der Waals surface area contributed by atoms with Crippen LogP contribution >= 0.6 is 11.9 Å². The summed E-state index contributed by atoms with van der Waals surface area (Å²) in [7, 11) is 0. The number of aromatic nitrogens is 2. The maximum absolute atomic E-state index is 13.8. The van der Waals surface area contributed by atoms with Gasteiger partial charge in [0.15, 0.2) is 0 Å². The van der Waals surface area contributed by atoms with Gasteiger partial charge in [-0.3, -0.25) is 9.97 Å². The van der Waals surface area contributed by atoms with Crippen molar-refractivity contribution in [2.45, 2.75) is 4.90 Å². The van der Waals surface area contributed by atoms with Crippen molar-refractivity contribution < 1.29 is 4.39 Å². The molecule has 0 aliphatic rings. The molecule has 33 heavy (non-hydrogen) atoms. The standard InChI is InChI=1S/C26H20FN5S/c27-18-7-8-25-24(15-18)26(11-14-29-25)31-21-4-2-6-23(17-21)33-32-22-5-1-3-20(16-22)30-19-9-12-28-13-10-19/h1-17,32H,(H,28,30)(H,29,31). The van der Waals surface area contributed by atoms with Gasteiger partial charge >= 0.3 is 0 Å². The van der Waals surface area contributed by atoms with Gasteiger partial charge in [-0.2, -0.15) is 0 Å². The van der Waals surface area contributed by atoms with Gasteiger partial charge in [0.25, 0.3) is 0 Å². The number of pyridine rings is 2. The largest absolute Gasteiger partial charge is 0.355 e. The summed E-state index contributed by atoms with van der Waals surface area (Å²) in [5, 5.41) is 7.50. The lowest BCUT2D eigenvalue weighted by molar-refractivity contribution is 0.629. The first kappa shape index (κ1) is 20.8. The minimum atomic E-state index is -0.285. The van der Waals surface area contributed by atoms with Crippen LogP contribution in [0.2, 0.25) is 0 Å². The van der Waals surface area contributed by atoms with Crippen molar-refractivity contribution >= 4 is 51.3 Å². The minimum absolute atomic E-state index is 0.285. The van der Waals surface area contributed by atoms with E-state index in [1.54, 1.807) is 24.7 Å². The van der Waals surface area contributed by atoms with Crippen molar-refractivity contribution in [3.8, 4) is 0 Å². The second-order valence-corrected chi connectivity index (χ2v) is 8.20. The number of nitrogens with one attached hydrogen (secondary N) is 3. The third-order valence-corrected chi connectivity index (χ3v) is 5.76. The van der Waals surface area contributed by atoms with Crippen LogP contribution in [-0.2, 0) is 0 Å². The van der Waals surface area contributed by atoms with E-state index in [2.05, 4.69) is 25.3 Å². The highest BCUT2D eigenvalue weighted by molar-refractivity contribution is 8.00. The van der Waals surface area contributed by atoms with Crippen LogP contribution in [0.25, 0.3) is 10.9 Å². The van der Waals surface area contributed by atoms with Gasteiger partial charge < -0.3 is 15.4 Å². The summed E-state index contributed by atoms with van der Waals surface area (Å²) in [5.41, 5.74) is 5.41. The average Bonchev–Trinajstić information content (AvgIpc) is 2.84. The van der Waals surface area contributed by atoms with Crippen LogP contribution in [0.4, 0.5) is 32.8 Å². The molecule has 0 aliphatic carbocycles. The summed E-state index contributed by atoms with van der Waals surface area (Å²) in [6.07, 6.45) is 5.23. The van der Waals surface area contributed by atoms with Crippen LogP contribution in [0, 0.1) is 5.82 Å². The average molecular weight is 454 g/mol. The Bertz CT molecular complexity index is 1390. The normalized spacial score (nSPS) is 10.7. The van der Waals surface area contributed by atoms with E-state index >= 15 is 0 Å². The molecule has 5 rings (SSSR count). The van der Waals surface area contributed by atoms with Crippen LogP contribution in [0.1, 0.15) is 0 Å². The first-order chi connectivity index (χ1) is 16.2. The molecule has 0 aliphatic heterocycles. The van der Waals surface area contributed by atoms with Crippen molar-refractivity contribution in [2.24, 2.45) is 0 Å². The minimum Gasteiger partial charge on any atom is -0.355 e. The summed E-state index contributed by atoms with van der Waals surface area (Å²) in [6.45, 7) is 0. The van der Waals surface area contributed by atoms with E-state index in [0.29, 0.717) is 0 Å². The van der Waals surface area contributed by atoms with Crippen LogP contribution in [0.3, 0.4) is 0 Å². The van der Waals surface area contributed by atoms with Crippen LogP contribution in [0.5, 0.6) is 0 Å². The van der Waals surface area contributed by atoms with Gasteiger partial charge in [-0.05, 0) is 84.7 Å². The van der Waals surface area contributed by atoms with Gasteiger partial charge in [-0.1, -0.05) is 12.1 Å². The van der Waals surface area contributed by atoms with Gasteiger partial charge in [0, 0.05) is 57.3 Å². The van der Waals surface area contributed by atoms with Crippen molar-refractivity contribution in [3.05, 3.63) is 109 Å². The van der Waals surface area contributed by atoms with Crippen molar-refractivity contribution in [2.75, 3.05) is 15.4 Å². The Morgan fingerprint density at radius 1 is 0.667 bits per heavy atom. The lowest BCUT2D eigenvalue weighted by atomic mass is 10.1. The number of hydrogen-bond donors (Lipinski definition) is 3. The second-order valence-electron chi connectivity index (χ2n) is 7.32. The molecular weight excluding hydrogens is 433 g/mol. The smallest absolute Gasteiger partial charge is 0.124 e. The van der Waals surface area contributed by atoms with Gasteiger partial charge in [0.05, 0.1) is 5.52 Å². The molecule has 3 N–H and O–H groups in total. The first-order valence-corrected chi connectivity index (χ1v) is 11.2. The Labute approximate surface area is 195 Å². The van der Waals surface area contributed by atoms with E-state index < -0.39 is 0 Å². The highest BCUT2D eigenvalue weighted by Gasteiger charge is 2.05. The molecule has 0 radical (unpaired) electrons. The third-order valence-electron chi connectivity index (χ3n) is 4.93. The highest BCUT2D eigenvalue weighted by Crippen LogP contribution is 2.29. The predicted molar refractivity (Wildman–Crippen MR) is 135 cm³/mol. The zero-order valence-electron chi connectivity index (χ0n) is 17.5. The maximum atomic E-state index is 13.8. The molecule has 0 atom stereocenters. The van der Waals surface area contributed by atoms with Crippen LogP contribution < -0.4 is 15.4 Å². The molecular formula is C26H20FN5S. The molecule has 5 nitrogen and oxygen atoms in total. The SMILES string of the molecule is Fc1ccc2nccc(Nc3cccc(SNc4cccc(Nc5ccncc5)c4)c3)c2c1. The van der Waals surface area contributed by atoms with Gasteiger partial charge in [0.2, 0.25) is 0 Å². The molecule has 0 saturated heterocycles. The molecule has 0 bridgehead atoms. The van der Waals surface area contributed by atoms with E-state index in [-0.39, 0.29) is 5.82 Å². The van der Waals surface area contributed by atoms with Crippen molar-refractivity contribution in [1.29, 1.82) is 0 Å². The Morgan fingerprint density at radius 3 is 2.33 bits per heavy atom. The summed E-state index contributed by atoms with van der Waals surface area (Å²) in [4.78, 5) is 9.39. The maximum Gasteiger partial charge on any atom is 0.124 e. The predicted octanol–water partition coefficient (Wildman–Crippen LogP) is 7.38. The molecule has 0 amide bonds. The monoisotopic (exact) mass is 453 g/mol. The fraction of sp³-hybridized carbons (Fsp3) is 0. The summed E-state index contributed by atoms with van der Waals surface area (Å²) >= 11 is 1.52. The fourth-order valence-electron chi connectivity index (χ4n) is 3.40. The second kappa shape index (κ2) is 9.58. The third kappa shape index (κ3) is 5.22. The van der Waals surface area contributed by atoms with Crippen LogP contribution in [-0.4, -0.2) is 9.97 Å². The summed E-state index contributed by atoms with van der Waals surface area (Å²) in [6, 6.07) is 26.4. The quantitative estimate of drug-likeness (QED) is 0.224. The van der Waals surface area contributed by atoms with Gasteiger partial charge in [-0.25, -0.2) is 4.39 Å². The van der Waals surface area contributed by atoms with Gasteiger partial charge in [-0.15, -0.1) is 0 Å². The van der Waals surface area contributed by atoms with E-state index in [9.17, 15) is 4.39 Å². The van der Waals surface area contributed by atoms with E-state index in [4.69, 9.17) is 0 Å². The molecule has 0 saturated carbocycles. The number of hydrogen-bond acceptors (Lipinski definition) is 6. The van der Waals surface area contributed by atoms with E-state index in [0.717, 1.165) is 44.2 Å². The lowest BCUT2D eigenvalue weighted by Gasteiger charge is -2.12.